The number of amides is 2. The molecular weight excluding hydrogens is 346 g/mol. The van der Waals surface area contributed by atoms with E-state index < -0.39 is 29.1 Å². The molecule has 5 atom stereocenters. The number of nitriles is 1. The lowest BCUT2D eigenvalue weighted by molar-refractivity contribution is -0.132. The van der Waals surface area contributed by atoms with E-state index in [1.807, 2.05) is 6.07 Å². The number of rotatable bonds is 1. The summed E-state index contributed by atoms with van der Waals surface area (Å²) >= 11 is 0. The summed E-state index contributed by atoms with van der Waals surface area (Å²) in [5.41, 5.74) is -1.33. The van der Waals surface area contributed by atoms with E-state index >= 15 is 0 Å². The molecule has 3 fully saturated rings. The van der Waals surface area contributed by atoms with Gasteiger partial charge in [-0.25, -0.2) is 9.88 Å². The number of hydrogen-bond acceptors (Lipinski definition) is 6. The zero-order chi connectivity index (χ0) is 19.1. The average molecular weight is 363 g/mol. The van der Waals surface area contributed by atoms with Gasteiger partial charge in [-0.3, -0.25) is 9.59 Å². The Morgan fingerprint density at radius 3 is 2.59 bits per heavy atom. The first-order chi connectivity index (χ1) is 12.8. The van der Waals surface area contributed by atoms with E-state index in [4.69, 9.17) is 4.74 Å². The summed E-state index contributed by atoms with van der Waals surface area (Å²) in [6.07, 6.45) is 0.933. The van der Waals surface area contributed by atoms with Gasteiger partial charge in [0, 0.05) is 17.2 Å². The third-order valence-electron chi connectivity index (χ3n) is 6.42. The smallest absolute Gasteiger partial charge is 0.240 e. The fourth-order valence-electron chi connectivity index (χ4n) is 5.20. The molecule has 136 valence electrons. The topological polar surface area (TPSA) is 104 Å². The third kappa shape index (κ3) is 1.79. The van der Waals surface area contributed by atoms with Crippen molar-refractivity contribution in [3.05, 3.63) is 36.2 Å². The second kappa shape index (κ2) is 4.91. The van der Waals surface area contributed by atoms with E-state index in [0.717, 1.165) is 0 Å². The Labute approximate surface area is 155 Å². The molecule has 2 bridgehead atoms. The fraction of sp³-hybridized carbons (Fsp3) is 0.400. The lowest BCUT2D eigenvalue weighted by Gasteiger charge is -2.31. The highest BCUT2D eigenvalue weighted by Gasteiger charge is 2.75. The first-order valence-corrected chi connectivity index (χ1v) is 8.86. The van der Waals surface area contributed by atoms with E-state index in [0.29, 0.717) is 22.9 Å². The molecule has 5 rings (SSSR count). The van der Waals surface area contributed by atoms with Crippen molar-refractivity contribution in [3.8, 4) is 6.07 Å². The maximum Gasteiger partial charge on any atom is 0.240 e. The van der Waals surface area contributed by atoms with Gasteiger partial charge in [-0.2, -0.15) is 5.26 Å². The molecule has 0 saturated carbocycles. The van der Waals surface area contributed by atoms with Gasteiger partial charge in [0.1, 0.15) is 17.4 Å². The third-order valence-corrected chi connectivity index (χ3v) is 6.42. The Hall–Kier alpha value is -2.82. The summed E-state index contributed by atoms with van der Waals surface area (Å²) < 4.78 is 6.00. The SMILES string of the molecule is CC12O[C@](C)(C[C@@H]1O)[C@H]1C(=O)N(c3cnc(C#N)c4ccccc34)C(=O)[C@H]12. The van der Waals surface area contributed by atoms with Crippen LogP contribution in [0.15, 0.2) is 30.5 Å². The number of fused-ring (bicyclic) bond motifs is 6. The van der Waals surface area contributed by atoms with Crippen LogP contribution >= 0.6 is 0 Å². The van der Waals surface area contributed by atoms with Crippen LogP contribution in [0.25, 0.3) is 10.8 Å². The summed E-state index contributed by atoms with van der Waals surface area (Å²) in [7, 11) is 0. The van der Waals surface area contributed by atoms with Gasteiger partial charge in [0.15, 0.2) is 0 Å². The largest absolute Gasteiger partial charge is 0.390 e. The molecule has 7 heteroatoms. The Morgan fingerprint density at radius 2 is 1.89 bits per heavy atom. The van der Waals surface area contributed by atoms with Gasteiger partial charge in [-0.1, -0.05) is 24.3 Å². The molecule has 27 heavy (non-hydrogen) atoms. The lowest BCUT2D eigenvalue weighted by Crippen LogP contribution is -2.49. The lowest BCUT2D eigenvalue weighted by atomic mass is 9.67. The number of aromatic nitrogens is 1. The molecule has 1 N–H and O–H groups in total. The van der Waals surface area contributed by atoms with Crippen molar-refractivity contribution in [2.24, 2.45) is 11.8 Å². The van der Waals surface area contributed by atoms with Crippen LogP contribution in [-0.4, -0.2) is 39.2 Å². The molecule has 1 aromatic carbocycles. The summed E-state index contributed by atoms with van der Waals surface area (Å²) in [6, 6.07) is 9.13. The number of aliphatic hydroxyl groups excluding tert-OH is 1. The van der Waals surface area contributed by atoms with Crippen molar-refractivity contribution in [1.29, 1.82) is 5.26 Å². The maximum atomic E-state index is 13.3. The molecule has 0 aliphatic carbocycles. The summed E-state index contributed by atoms with van der Waals surface area (Å²) in [4.78, 5) is 31.9. The number of nitrogens with zero attached hydrogens (tertiary/aromatic N) is 3. The molecule has 2 amide bonds. The van der Waals surface area contributed by atoms with Crippen molar-refractivity contribution in [2.45, 2.75) is 37.6 Å². The molecule has 4 heterocycles. The van der Waals surface area contributed by atoms with Crippen LogP contribution in [0.1, 0.15) is 26.0 Å². The molecule has 7 nitrogen and oxygen atoms in total. The molecule has 0 radical (unpaired) electrons. The van der Waals surface area contributed by atoms with E-state index in [2.05, 4.69) is 4.98 Å². The Kier molecular flexibility index (Phi) is 2.98. The predicted molar refractivity (Wildman–Crippen MR) is 94.4 cm³/mol. The van der Waals surface area contributed by atoms with Gasteiger partial charge in [-0.15, -0.1) is 0 Å². The number of ether oxygens (including phenoxy) is 1. The van der Waals surface area contributed by atoms with Crippen LogP contribution in [-0.2, 0) is 14.3 Å². The van der Waals surface area contributed by atoms with Crippen molar-refractivity contribution in [3.63, 3.8) is 0 Å². The molecule has 3 aliphatic heterocycles. The second-order valence-corrected chi connectivity index (χ2v) is 7.94. The van der Waals surface area contributed by atoms with Gasteiger partial charge in [-0.05, 0) is 13.8 Å². The number of pyridine rings is 1. The molecule has 1 unspecified atom stereocenters. The molecule has 1 aromatic heterocycles. The van der Waals surface area contributed by atoms with Crippen molar-refractivity contribution in [2.75, 3.05) is 4.90 Å². The fourth-order valence-corrected chi connectivity index (χ4v) is 5.20. The van der Waals surface area contributed by atoms with E-state index in [1.54, 1.807) is 38.1 Å². The first-order valence-electron chi connectivity index (χ1n) is 8.86. The monoisotopic (exact) mass is 363 g/mol. The number of anilines is 1. The Bertz CT molecular complexity index is 1080. The van der Waals surface area contributed by atoms with Crippen molar-refractivity contribution >= 4 is 28.3 Å². The quantitative estimate of drug-likeness (QED) is 0.771. The molecular formula is C20H17N3O4. The second-order valence-electron chi connectivity index (χ2n) is 7.94. The predicted octanol–water partition coefficient (Wildman–Crippen LogP) is 1.52. The normalized spacial score (nSPS) is 37.1. The van der Waals surface area contributed by atoms with Crippen LogP contribution in [0.2, 0.25) is 0 Å². The average Bonchev–Trinajstić information content (AvgIpc) is 3.15. The highest BCUT2D eigenvalue weighted by atomic mass is 16.6. The number of benzene rings is 1. The zero-order valence-corrected chi connectivity index (χ0v) is 14.8. The van der Waals surface area contributed by atoms with Gasteiger partial charge in [0.25, 0.3) is 0 Å². The minimum absolute atomic E-state index is 0.242. The number of imide groups is 1. The molecule has 0 spiro atoms. The van der Waals surface area contributed by atoms with Gasteiger partial charge in [0.05, 0.1) is 35.4 Å². The minimum Gasteiger partial charge on any atom is -0.390 e. The van der Waals surface area contributed by atoms with Crippen molar-refractivity contribution < 1.29 is 19.4 Å². The van der Waals surface area contributed by atoms with E-state index in [-0.39, 0.29) is 17.5 Å². The van der Waals surface area contributed by atoms with E-state index in [9.17, 15) is 20.0 Å². The minimum atomic E-state index is -1.07. The maximum absolute atomic E-state index is 13.3. The summed E-state index contributed by atoms with van der Waals surface area (Å²) in [6.45, 7) is 3.49. The summed E-state index contributed by atoms with van der Waals surface area (Å²) in [5, 5.41) is 20.9. The van der Waals surface area contributed by atoms with Gasteiger partial charge in [0.2, 0.25) is 11.8 Å². The molecule has 2 aromatic rings. The number of carbonyl (C=O) groups is 2. The Balaban J connectivity index is 1.69. The number of aliphatic hydroxyl groups is 1. The number of hydrogen-bond donors (Lipinski definition) is 1. The van der Waals surface area contributed by atoms with Crippen LogP contribution in [0.4, 0.5) is 5.69 Å². The number of carbonyl (C=O) groups excluding carboxylic acids is 2. The van der Waals surface area contributed by atoms with Gasteiger partial charge < -0.3 is 9.84 Å². The van der Waals surface area contributed by atoms with Gasteiger partial charge >= 0.3 is 0 Å². The standard InChI is InChI=1S/C20H17N3O4/c1-19-7-14(24)20(2,27-19)16-15(19)17(25)23(18(16)26)13-9-22-12(8-21)10-5-3-4-6-11(10)13/h3-6,9,14-16,24H,7H2,1-2H3/t14-,15+,16-,19+,20?/m0/s1. The highest BCUT2D eigenvalue weighted by molar-refractivity contribution is 6.26. The van der Waals surface area contributed by atoms with E-state index in [1.165, 1.54) is 11.1 Å². The van der Waals surface area contributed by atoms with Crippen LogP contribution in [0, 0.1) is 23.2 Å². The van der Waals surface area contributed by atoms with Crippen LogP contribution < -0.4 is 4.90 Å². The first kappa shape index (κ1) is 16.4. The highest BCUT2D eigenvalue weighted by Crippen LogP contribution is 2.61. The zero-order valence-electron chi connectivity index (χ0n) is 14.8. The summed E-state index contributed by atoms with van der Waals surface area (Å²) in [5.74, 6) is -2.08. The van der Waals surface area contributed by atoms with Crippen molar-refractivity contribution in [1.82, 2.24) is 4.98 Å². The Morgan fingerprint density at radius 1 is 1.22 bits per heavy atom. The van der Waals surface area contributed by atoms with Crippen LogP contribution in [0.3, 0.4) is 0 Å². The molecule has 3 saturated heterocycles. The van der Waals surface area contributed by atoms with Crippen LogP contribution in [0.5, 0.6) is 0 Å². The molecule has 3 aliphatic rings.